The van der Waals surface area contributed by atoms with Crippen LogP contribution in [0.2, 0.25) is 10.6 Å². The molecule has 0 aromatic carbocycles. The maximum absolute atomic E-state index is 8.42. The SMILES string of the molecule is CCCCCCCCO.C[CH2][Al][CH2]C. The molecule has 2 heteroatoms. The van der Waals surface area contributed by atoms with Crippen molar-refractivity contribution in [3.63, 3.8) is 0 Å². The van der Waals surface area contributed by atoms with Gasteiger partial charge in [-0.2, -0.15) is 0 Å². The Labute approximate surface area is 97.0 Å². The molecule has 1 radical (unpaired) electrons. The van der Waals surface area contributed by atoms with E-state index in [9.17, 15) is 0 Å². The van der Waals surface area contributed by atoms with E-state index in [1.165, 1.54) is 42.7 Å². The lowest BCUT2D eigenvalue weighted by Gasteiger charge is -1.95. The summed E-state index contributed by atoms with van der Waals surface area (Å²) in [4.78, 5) is 0. The topological polar surface area (TPSA) is 20.2 Å². The van der Waals surface area contributed by atoms with Gasteiger partial charge in [-0.05, 0) is 6.42 Å². The molecule has 0 bridgehead atoms. The highest BCUT2D eigenvalue weighted by Crippen LogP contribution is 2.03. The molecule has 0 aliphatic rings. The molecule has 0 saturated carbocycles. The summed E-state index contributed by atoms with van der Waals surface area (Å²) in [6.07, 6.45) is 7.50. The molecule has 0 aromatic heterocycles. The first-order valence-corrected chi connectivity index (χ1v) is 7.89. The highest BCUT2D eigenvalue weighted by Gasteiger charge is 1.86. The summed E-state index contributed by atoms with van der Waals surface area (Å²) in [7, 11) is 0. The molecule has 1 nitrogen and oxygen atoms in total. The molecule has 0 heterocycles. The third-order valence-corrected chi connectivity index (χ3v) is 3.24. The molecule has 0 aromatic rings. The van der Waals surface area contributed by atoms with Gasteiger partial charge in [0.15, 0.2) is 15.2 Å². The molecule has 1 N–H and O–H groups in total. The van der Waals surface area contributed by atoms with Gasteiger partial charge in [0.2, 0.25) is 0 Å². The molecular weight excluding hydrogens is 187 g/mol. The van der Waals surface area contributed by atoms with Crippen LogP contribution in [0.1, 0.15) is 59.3 Å². The van der Waals surface area contributed by atoms with E-state index >= 15 is 0 Å². The number of aliphatic hydroxyl groups is 1. The normalized spacial score (nSPS) is 9.14. The van der Waals surface area contributed by atoms with Gasteiger partial charge in [0.05, 0.1) is 0 Å². The Kier molecular flexibility index (Phi) is 23.1. The maximum atomic E-state index is 8.42. The monoisotopic (exact) mass is 215 g/mol. The second-order valence-electron chi connectivity index (χ2n) is 3.60. The summed E-state index contributed by atoms with van der Waals surface area (Å²) in [5.74, 6) is 0. The number of aliphatic hydroxyl groups excluding tert-OH is 1. The lowest BCUT2D eigenvalue weighted by atomic mass is 10.1. The third kappa shape index (κ3) is 22.9. The van der Waals surface area contributed by atoms with E-state index in [0.29, 0.717) is 6.61 Å². The molecule has 0 saturated heterocycles. The van der Waals surface area contributed by atoms with Crippen LogP contribution in [-0.4, -0.2) is 26.9 Å². The van der Waals surface area contributed by atoms with Crippen molar-refractivity contribution in [2.45, 2.75) is 69.9 Å². The summed E-state index contributed by atoms with van der Waals surface area (Å²) in [5, 5.41) is 11.3. The van der Waals surface area contributed by atoms with Gasteiger partial charge in [-0.25, -0.2) is 0 Å². The predicted octanol–water partition coefficient (Wildman–Crippen LogP) is 3.91. The minimum Gasteiger partial charge on any atom is -0.396 e. The van der Waals surface area contributed by atoms with Crippen LogP contribution in [-0.2, 0) is 0 Å². The van der Waals surface area contributed by atoms with E-state index in [0.717, 1.165) is 21.6 Å². The van der Waals surface area contributed by atoms with Gasteiger partial charge in [0.25, 0.3) is 0 Å². The summed E-state index contributed by atoms with van der Waals surface area (Å²) < 4.78 is 0. The van der Waals surface area contributed by atoms with Crippen molar-refractivity contribution >= 4 is 15.2 Å². The molecule has 85 valence electrons. The van der Waals surface area contributed by atoms with Crippen molar-refractivity contribution in [1.29, 1.82) is 0 Å². The average Bonchev–Trinajstić information content (AvgIpc) is 2.20. The Morgan fingerprint density at radius 1 is 0.786 bits per heavy atom. The van der Waals surface area contributed by atoms with Crippen LogP contribution in [0.25, 0.3) is 0 Å². The van der Waals surface area contributed by atoms with Crippen molar-refractivity contribution < 1.29 is 5.11 Å². The van der Waals surface area contributed by atoms with Crippen LogP contribution in [0.4, 0.5) is 0 Å². The fourth-order valence-electron chi connectivity index (χ4n) is 1.18. The van der Waals surface area contributed by atoms with Crippen molar-refractivity contribution in [3.05, 3.63) is 0 Å². The summed E-state index contributed by atoms with van der Waals surface area (Å²) in [6, 6.07) is 0. The van der Waals surface area contributed by atoms with Crippen LogP contribution in [0, 0.1) is 0 Å². The van der Waals surface area contributed by atoms with E-state index < -0.39 is 0 Å². The highest BCUT2D eigenvalue weighted by molar-refractivity contribution is 6.34. The zero-order valence-electron chi connectivity index (χ0n) is 10.4. The first-order chi connectivity index (χ1) is 6.83. The highest BCUT2D eigenvalue weighted by atomic mass is 27.1. The van der Waals surface area contributed by atoms with Crippen molar-refractivity contribution in [2.75, 3.05) is 6.61 Å². The van der Waals surface area contributed by atoms with E-state index in [1.54, 1.807) is 0 Å². The Hall–Kier alpha value is 0.492. The number of rotatable bonds is 8. The zero-order chi connectivity index (χ0) is 11.1. The second kappa shape index (κ2) is 19.1. The molecule has 0 aliphatic heterocycles. The summed E-state index contributed by atoms with van der Waals surface area (Å²) >= 11 is 0.815. The molecule has 0 aliphatic carbocycles. The van der Waals surface area contributed by atoms with Gasteiger partial charge in [-0.1, -0.05) is 52.9 Å². The van der Waals surface area contributed by atoms with Gasteiger partial charge >= 0.3 is 0 Å². The fourth-order valence-corrected chi connectivity index (χ4v) is 1.76. The predicted molar refractivity (Wildman–Crippen MR) is 67.2 cm³/mol. The Balaban J connectivity index is 0. The number of unbranched alkanes of at least 4 members (excludes halogenated alkanes) is 5. The van der Waals surface area contributed by atoms with Gasteiger partial charge < -0.3 is 5.11 Å². The van der Waals surface area contributed by atoms with Crippen molar-refractivity contribution in [3.8, 4) is 0 Å². The Morgan fingerprint density at radius 3 is 1.64 bits per heavy atom. The van der Waals surface area contributed by atoms with Gasteiger partial charge in [-0.15, -0.1) is 10.6 Å². The van der Waals surface area contributed by atoms with Crippen molar-refractivity contribution in [2.24, 2.45) is 0 Å². The lowest BCUT2D eigenvalue weighted by Crippen LogP contribution is -1.82. The molecule has 0 rings (SSSR count). The third-order valence-electron chi connectivity index (χ3n) is 2.09. The van der Waals surface area contributed by atoms with Crippen LogP contribution in [0.5, 0.6) is 0 Å². The maximum Gasteiger partial charge on any atom is 0.198 e. The number of hydrogen-bond acceptors (Lipinski definition) is 1. The smallest absolute Gasteiger partial charge is 0.198 e. The van der Waals surface area contributed by atoms with Gasteiger partial charge in [-0.3, -0.25) is 0 Å². The van der Waals surface area contributed by atoms with E-state index in [4.69, 9.17) is 5.11 Å². The minimum atomic E-state index is 0.367. The zero-order valence-corrected chi connectivity index (χ0v) is 11.5. The lowest BCUT2D eigenvalue weighted by molar-refractivity contribution is 0.282. The molecule has 0 fully saturated rings. The standard InChI is InChI=1S/C8H18O.2C2H5.Al/c1-2-3-4-5-6-7-8-9;2*1-2;/h9H,2-8H2,1H3;2*1H2,2H3;. The minimum absolute atomic E-state index is 0.367. The van der Waals surface area contributed by atoms with E-state index in [2.05, 4.69) is 20.8 Å². The van der Waals surface area contributed by atoms with Crippen molar-refractivity contribution in [1.82, 2.24) is 0 Å². The largest absolute Gasteiger partial charge is 0.396 e. The average molecular weight is 215 g/mol. The van der Waals surface area contributed by atoms with Gasteiger partial charge in [0, 0.05) is 6.61 Å². The molecule has 0 unspecified atom stereocenters. The molecule has 0 atom stereocenters. The first kappa shape index (κ1) is 16.9. The fraction of sp³-hybridized carbons (Fsp3) is 1.00. The van der Waals surface area contributed by atoms with Crippen LogP contribution < -0.4 is 0 Å². The van der Waals surface area contributed by atoms with Crippen LogP contribution >= 0.6 is 0 Å². The molecule has 0 amide bonds. The second-order valence-corrected chi connectivity index (χ2v) is 5.81. The quantitative estimate of drug-likeness (QED) is 0.481. The molecular formula is C12H28AlO. The molecule has 0 spiro atoms. The van der Waals surface area contributed by atoms with Crippen LogP contribution in [0.3, 0.4) is 0 Å². The van der Waals surface area contributed by atoms with Crippen LogP contribution in [0.15, 0.2) is 0 Å². The summed E-state index contributed by atoms with van der Waals surface area (Å²) in [6.45, 7) is 7.08. The summed E-state index contributed by atoms with van der Waals surface area (Å²) in [5.41, 5.74) is 0. The van der Waals surface area contributed by atoms with Gasteiger partial charge in [0.1, 0.15) is 0 Å². The van der Waals surface area contributed by atoms with E-state index in [-0.39, 0.29) is 0 Å². The van der Waals surface area contributed by atoms with E-state index in [1.807, 2.05) is 0 Å². The molecule has 14 heavy (non-hydrogen) atoms. The first-order valence-electron chi connectivity index (χ1n) is 6.25. The Bertz CT molecular complexity index is 68.7. The Morgan fingerprint density at radius 2 is 1.29 bits per heavy atom. The number of hydrogen-bond donors (Lipinski definition) is 1.